The highest BCUT2D eigenvalue weighted by Crippen LogP contribution is 2.38. The molecule has 0 spiro atoms. The second kappa shape index (κ2) is 36.9. The van der Waals surface area contributed by atoms with Gasteiger partial charge in [-0.15, -0.1) is 11.3 Å². The van der Waals surface area contributed by atoms with E-state index in [2.05, 4.69) is 40.1 Å². The first-order valence-corrected chi connectivity index (χ1v) is 33.6. The summed E-state index contributed by atoms with van der Waals surface area (Å²) in [5.74, 6) is -5.61. The van der Waals surface area contributed by atoms with Gasteiger partial charge in [-0.25, -0.2) is 9.78 Å². The van der Waals surface area contributed by atoms with Gasteiger partial charge in [-0.05, 0) is 99.2 Å². The number of ketones is 4. The molecule has 2 unspecified atom stereocenters. The Morgan fingerprint density at radius 2 is 1.57 bits per heavy atom. The third-order valence-electron chi connectivity index (χ3n) is 18.9. The number of carboxylic acids is 1. The predicted molar refractivity (Wildman–Crippen MR) is 343 cm³/mol. The number of hydrogen-bond donors (Lipinski definition) is 6. The molecule has 23 heteroatoms. The molecule has 2 aromatic rings. The van der Waals surface area contributed by atoms with Crippen molar-refractivity contribution in [3.63, 3.8) is 0 Å². The number of primary amides is 1. The molecule has 7 N–H and O–H groups in total. The van der Waals surface area contributed by atoms with Gasteiger partial charge in [0, 0.05) is 126 Å². The molecule has 502 valence electrons. The summed E-state index contributed by atoms with van der Waals surface area (Å²) in [5.41, 5.74) is 6.64. The van der Waals surface area contributed by atoms with Crippen LogP contribution >= 0.6 is 11.3 Å². The number of aromatic nitrogens is 1. The number of anilines is 1. The number of carbonyl (C=O) groups is 10. The van der Waals surface area contributed by atoms with Gasteiger partial charge >= 0.3 is 12.0 Å². The number of benzene rings is 1. The number of nitrogens with one attached hydrogen (secondary N) is 4. The number of carboxylic acid groups (broad SMARTS) is 1. The van der Waals surface area contributed by atoms with Crippen molar-refractivity contribution in [2.24, 2.45) is 53.1 Å². The van der Waals surface area contributed by atoms with Crippen LogP contribution in [0, 0.1) is 47.3 Å². The van der Waals surface area contributed by atoms with Gasteiger partial charge in [-0.2, -0.15) is 0 Å². The summed E-state index contributed by atoms with van der Waals surface area (Å²) < 4.78 is 17.9. The zero-order chi connectivity index (χ0) is 66.4. The molecule has 1 aromatic heterocycles. The minimum atomic E-state index is -1.04. The van der Waals surface area contributed by atoms with Gasteiger partial charge in [0.05, 0.1) is 60.8 Å². The van der Waals surface area contributed by atoms with Crippen molar-refractivity contribution in [1.82, 2.24) is 30.7 Å². The molecule has 6 amide bonds. The van der Waals surface area contributed by atoms with Crippen LogP contribution < -0.4 is 27.0 Å². The van der Waals surface area contributed by atoms with Crippen molar-refractivity contribution in [3.8, 4) is 0 Å². The van der Waals surface area contributed by atoms with Gasteiger partial charge in [0.25, 0.3) is 0 Å². The van der Waals surface area contributed by atoms with Gasteiger partial charge in [0.2, 0.25) is 23.6 Å². The molecule has 5 rings (SSSR count). The Kier molecular flexibility index (Phi) is 30.6. The quantitative estimate of drug-likeness (QED) is 0.0347. The number of methoxy groups -OCH3 is 2. The Labute approximate surface area is 536 Å². The van der Waals surface area contributed by atoms with Crippen LogP contribution in [0.1, 0.15) is 175 Å². The number of urea groups is 1. The Bertz CT molecular complexity index is 2690. The number of likely N-dealkylation sites (tertiary alicyclic amines) is 1. The van der Waals surface area contributed by atoms with Crippen LogP contribution in [0.15, 0.2) is 35.8 Å². The highest BCUT2D eigenvalue weighted by atomic mass is 32.1. The van der Waals surface area contributed by atoms with E-state index in [4.69, 9.17) is 25.1 Å². The fourth-order valence-electron chi connectivity index (χ4n) is 13.5. The summed E-state index contributed by atoms with van der Waals surface area (Å²) in [6, 6.07) is 4.96. The number of likely N-dealkylation sites (N-methyl/N-ethyl adjacent to an activating group) is 1. The van der Waals surface area contributed by atoms with E-state index >= 15 is 0 Å². The third-order valence-corrected chi connectivity index (χ3v) is 19.9. The van der Waals surface area contributed by atoms with Gasteiger partial charge in [-0.1, -0.05) is 73.9 Å². The number of ether oxygens (including phenoxy) is 3. The molecule has 2 aliphatic heterocycles. The number of carbonyl (C=O) groups excluding carboxylic acids is 9. The van der Waals surface area contributed by atoms with E-state index in [1.807, 2.05) is 43.2 Å². The number of hydrogen-bond acceptors (Lipinski definition) is 16. The smallest absolute Gasteiger partial charge is 0.312 e. The molecular weight excluding hydrogens is 1170 g/mol. The third kappa shape index (κ3) is 22.1. The van der Waals surface area contributed by atoms with Crippen LogP contribution in [-0.2, 0) is 63.8 Å². The predicted octanol–water partition coefficient (Wildman–Crippen LogP) is 7.69. The maximum atomic E-state index is 14.6. The maximum absolute atomic E-state index is 14.6. The van der Waals surface area contributed by atoms with Crippen LogP contribution in [-0.4, -0.2) is 169 Å². The molecule has 90 heavy (non-hydrogen) atoms. The van der Waals surface area contributed by atoms with Gasteiger partial charge in [0.15, 0.2) is 11.6 Å². The molecule has 2 saturated heterocycles. The van der Waals surface area contributed by atoms with E-state index in [0.717, 1.165) is 42.7 Å². The summed E-state index contributed by atoms with van der Waals surface area (Å²) in [7, 11) is 4.93. The second-order valence-electron chi connectivity index (χ2n) is 26.2. The minimum absolute atomic E-state index is 0.0119. The fourth-order valence-corrected chi connectivity index (χ4v) is 14.2. The summed E-state index contributed by atoms with van der Waals surface area (Å²) in [6.07, 6.45) is 7.03. The Balaban J connectivity index is 1.20. The monoisotopic (exact) mass is 1280 g/mol. The number of rotatable bonds is 42. The van der Waals surface area contributed by atoms with Crippen LogP contribution in [0.4, 0.5) is 10.5 Å². The van der Waals surface area contributed by atoms with Crippen LogP contribution in [0.25, 0.3) is 0 Å². The van der Waals surface area contributed by atoms with Crippen LogP contribution in [0.5, 0.6) is 0 Å². The Morgan fingerprint density at radius 1 is 0.844 bits per heavy atom. The van der Waals surface area contributed by atoms with Crippen molar-refractivity contribution in [2.45, 2.75) is 213 Å². The molecule has 22 nitrogen and oxygen atoms in total. The van der Waals surface area contributed by atoms with E-state index < -0.39 is 71.8 Å². The molecule has 3 fully saturated rings. The minimum Gasteiger partial charge on any atom is -0.481 e. The first-order valence-electron chi connectivity index (χ1n) is 32.7. The molecule has 3 heterocycles. The van der Waals surface area contributed by atoms with E-state index in [1.54, 1.807) is 65.3 Å². The van der Waals surface area contributed by atoms with Crippen molar-refractivity contribution in [2.75, 3.05) is 52.9 Å². The number of nitrogens with zero attached hydrogens (tertiary/aromatic N) is 3. The van der Waals surface area contributed by atoms with Crippen molar-refractivity contribution in [3.05, 3.63) is 46.4 Å². The van der Waals surface area contributed by atoms with Crippen LogP contribution in [0.3, 0.4) is 0 Å². The topological polar surface area (TPSA) is 312 Å². The number of piperidine rings is 1. The molecule has 2 bridgehead atoms. The van der Waals surface area contributed by atoms with Gasteiger partial charge < -0.3 is 56.1 Å². The Morgan fingerprint density at radius 3 is 2.16 bits per heavy atom. The van der Waals surface area contributed by atoms with E-state index in [9.17, 15) is 47.9 Å². The molecule has 1 aromatic carbocycles. The number of thiazole rings is 1. The molecule has 14 atom stereocenters. The molecule has 1 aliphatic carbocycles. The highest BCUT2D eigenvalue weighted by Gasteiger charge is 2.46. The molecule has 3 aliphatic rings. The molecule has 1 saturated carbocycles. The lowest BCUT2D eigenvalue weighted by Gasteiger charge is -2.41. The SMILES string of the molecule is CC[C@H](C)[C@@H]([C@@H](CC(=O)N1CCC[C@H]1[C@H](OC)[C@@H](C)C(=O)C[C@@H](Cc1ccc(NC(=O)[C@H](CCCNC(N)=O)CC(=O)C(NC(=O)CCOCCCC(=O)C(C)CC(=O)O)C(C)C)cc1)c1nccs1)OC)N(C)C(=O)[C@@H](CC(=O)[C@H]1N[C@H]2CC[C@H]1C2)C(C)C. The van der Waals surface area contributed by atoms with E-state index in [1.165, 1.54) is 11.3 Å². The number of Topliss-reactive ketones (excluding diaryl/α,β-unsaturated/α-hetero) is 4. The first kappa shape index (κ1) is 74.7. The van der Waals surface area contributed by atoms with Crippen molar-refractivity contribution in [1.29, 1.82) is 0 Å². The van der Waals surface area contributed by atoms with Gasteiger partial charge in [-0.3, -0.25) is 43.2 Å². The summed E-state index contributed by atoms with van der Waals surface area (Å²) in [4.78, 5) is 141. The number of fused-ring (bicyclic) bond motifs is 2. The number of amides is 6. The van der Waals surface area contributed by atoms with Crippen LogP contribution in [0.2, 0.25) is 0 Å². The molecule has 0 radical (unpaired) electrons. The maximum Gasteiger partial charge on any atom is 0.312 e. The lowest BCUT2D eigenvalue weighted by molar-refractivity contribution is -0.149. The van der Waals surface area contributed by atoms with Crippen molar-refractivity contribution < 1.29 is 67.3 Å². The first-order chi connectivity index (χ1) is 42.8. The molecular formula is C67H104N8O14S. The lowest BCUT2D eigenvalue weighted by Crippen LogP contribution is -2.54. The largest absolute Gasteiger partial charge is 0.481 e. The lowest BCUT2D eigenvalue weighted by atomic mass is 9.83. The van der Waals surface area contributed by atoms with E-state index in [0.29, 0.717) is 49.9 Å². The average Bonchev–Trinajstić information content (AvgIpc) is 1.59. The number of nitrogens with two attached hydrogens (primary N) is 1. The average molecular weight is 1280 g/mol. The highest BCUT2D eigenvalue weighted by molar-refractivity contribution is 7.09. The second-order valence-corrected chi connectivity index (χ2v) is 27.1. The standard InChI is InChI=1S/C67H104N8O14S/c1-12-41(6)62(74(9)66(85)50(39(2)3)37-55(79)61-45-21-24-49(34-45)71-61)56(87-10)38-58(81)75-28-14-17-51(75)63(88-11)43(8)53(77)36-47(65-69-27-31-90-65)33-44-19-22-48(23-20-44)72-64(84)46(16-13-26-70-67(68)86)35-54(78)60(40(4)5)73-57(80)25-30-89-29-15-18-52(76)42(7)32-59(82)83/h19-20,22-23,27,31,39-43,45-47,49-51,56,60-63,71H,12-18,21,24-26,28-30,32-38H2,1-11H3,(H,72,84)(H,73,80)(H,82,83)(H3,68,70,86)/t41-,42?,43-,45-,46+,47+,49-,50-,51-,56+,60?,61-,62-,63+/m0/s1. The normalized spacial score (nSPS) is 20.5. The number of aliphatic carboxylic acids is 1. The summed E-state index contributed by atoms with van der Waals surface area (Å²) in [6.45, 7) is 16.0. The summed E-state index contributed by atoms with van der Waals surface area (Å²) >= 11 is 1.45. The van der Waals surface area contributed by atoms with Crippen molar-refractivity contribution >= 4 is 75.8 Å². The van der Waals surface area contributed by atoms with Gasteiger partial charge in [0.1, 0.15) is 11.6 Å². The zero-order valence-electron chi connectivity index (χ0n) is 55.1. The zero-order valence-corrected chi connectivity index (χ0v) is 55.9. The Hall–Kier alpha value is -6.01. The fraction of sp³-hybridized carbons (Fsp3) is 0.716. The van der Waals surface area contributed by atoms with E-state index in [-0.39, 0.29) is 142 Å². The summed E-state index contributed by atoms with van der Waals surface area (Å²) in [5, 5.41) is 23.4.